The van der Waals surface area contributed by atoms with E-state index >= 15 is 0 Å². The van der Waals surface area contributed by atoms with Crippen molar-refractivity contribution in [1.82, 2.24) is 10.7 Å². The largest absolute Gasteiger partial charge is 0.364 e. The molecule has 0 fully saturated rings. The summed E-state index contributed by atoms with van der Waals surface area (Å²) in [5.41, 5.74) is 3.87. The molecule has 70 valence electrons. The monoisotopic (exact) mass is 187 g/mol. The summed E-state index contributed by atoms with van der Waals surface area (Å²) < 4.78 is 0. The fourth-order valence-electron chi connectivity index (χ4n) is 0.358. The highest BCUT2D eigenvalue weighted by atomic mass is 32.1. The molecule has 0 rings (SSSR count). The molecule has 0 heterocycles. The van der Waals surface area contributed by atoms with E-state index in [-0.39, 0.29) is 5.41 Å². The first-order valence-electron chi connectivity index (χ1n) is 3.90. The van der Waals surface area contributed by atoms with Gasteiger partial charge in [-0.2, -0.15) is 5.10 Å². The van der Waals surface area contributed by atoms with Gasteiger partial charge < -0.3 is 5.32 Å². The van der Waals surface area contributed by atoms with Gasteiger partial charge in [-0.3, -0.25) is 5.43 Å². The van der Waals surface area contributed by atoms with Gasteiger partial charge in [-0.05, 0) is 19.1 Å². The quantitative estimate of drug-likeness (QED) is 0.371. The molecule has 0 aliphatic carbocycles. The minimum Gasteiger partial charge on any atom is -0.364 e. The Bertz CT molecular complexity index is 191. The number of thiocarbonyl (C=S) groups is 1. The van der Waals surface area contributed by atoms with Crippen molar-refractivity contribution in [2.24, 2.45) is 10.5 Å². The number of hydrogen-bond acceptors (Lipinski definition) is 2. The van der Waals surface area contributed by atoms with Crippen LogP contribution in [-0.2, 0) is 0 Å². The number of hydrogen-bond donors (Lipinski definition) is 2. The van der Waals surface area contributed by atoms with Crippen LogP contribution in [-0.4, -0.2) is 17.9 Å². The van der Waals surface area contributed by atoms with Crippen LogP contribution in [0.3, 0.4) is 0 Å². The first kappa shape index (κ1) is 11.4. The van der Waals surface area contributed by atoms with E-state index in [1.807, 2.05) is 6.92 Å². The van der Waals surface area contributed by atoms with Crippen LogP contribution in [0, 0.1) is 5.41 Å². The second-order valence-corrected chi connectivity index (χ2v) is 4.05. The third kappa shape index (κ3) is 4.28. The average Bonchev–Trinajstić information content (AvgIpc) is 1.97. The molecule has 0 amide bonds. The van der Waals surface area contributed by atoms with Crippen molar-refractivity contribution in [2.45, 2.75) is 27.7 Å². The molecule has 12 heavy (non-hydrogen) atoms. The van der Waals surface area contributed by atoms with Gasteiger partial charge in [0.2, 0.25) is 0 Å². The molecule has 0 radical (unpaired) electrons. The second kappa shape index (κ2) is 4.40. The van der Waals surface area contributed by atoms with Crippen molar-refractivity contribution < 1.29 is 0 Å². The molecule has 2 N–H and O–H groups in total. The standard InChI is InChI=1S/C8H17N3S/c1-6(8(2,3)4)10-11-7(12)9-5/h1-5H3,(H2,9,11,12). The van der Waals surface area contributed by atoms with Gasteiger partial charge in [-0.15, -0.1) is 0 Å². The molecule has 0 aliphatic rings. The Hall–Kier alpha value is -0.640. The zero-order valence-corrected chi connectivity index (χ0v) is 9.17. The fourth-order valence-corrected chi connectivity index (χ4v) is 0.404. The molecule has 0 aromatic heterocycles. The Morgan fingerprint density at radius 2 is 1.83 bits per heavy atom. The topological polar surface area (TPSA) is 36.4 Å². The third-order valence-corrected chi connectivity index (χ3v) is 1.93. The van der Waals surface area contributed by atoms with Gasteiger partial charge in [0.05, 0.1) is 0 Å². The highest BCUT2D eigenvalue weighted by Crippen LogP contribution is 2.14. The van der Waals surface area contributed by atoms with Gasteiger partial charge in [-0.25, -0.2) is 0 Å². The van der Waals surface area contributed by atoms with Crippen molar-refractivity contribution in [1.29, 1.82) is 0 Å². The van der Waals surface area contributed by atoms with Gasteiger partial charge in [0.15, 0.2) is 5.11 Å². The van der Waals surface area contributed by atoms with Crippen LogP contribution in [0.4, 0.5) is 0 Å². The zero-order valence-electron chi connectivity index (χ0n) is 8.36. The summed E-state index contributed by atoms with van der Waals surface area (Å²) >= 11 is 4.87. The molecule has 0 spiro atoms. The maximum absolute atomic E-state index is 4.87. The van der Waals surface area contributed by atoms with Crippen molar-refractivity contribution >= 4 is 23.0 Å². The van der Waals surface area contributed by atoms with E-state index in [0.717, 1.165) is 5.71 Å². The Balaban J connectivity index is 4.11. The molecule has 0 aliphatic heterocycles. The van der Waals surface area contributed by atoms with Crippen LogP contribution in [0.5, 0.6) is 0 Å². The number of rotatable bonds is 1. The molecule has 0 unspecified atom stereocenters. The lowest BCUT2D eigenvalue weighted by Crippen LogP contribution is -2.31. The Morgan fingerprint density at radius 3 is 2.17 bits per heavy atom. The second-order valence-electron chi connectivity index (χ2n) is 3.64. The maximum atomic E-state index is 4.87. The maximum Gasteiger partial charge on any atom is 0.186 e. The van der Waals surface area contributed by atoms with Crippen LogP contribution in [0.15, 0.2) is 5.10 Å². The summed E-state index contributed by atoms with van der Waals surface area (Å²) in [6, 6.07) is 0. The van der Waals surface area contributed by atoms with E-state index < -0.39 is 0 Å². The summed E-state index contributed by atoms with van der Waals surface area (Å²) in [6.07, 6.45) is 0. The smallest absolute Gasteiger partial charge is 0.186 e. The Labute approximate surface area is 79.6 Å². The molecule has 0 aromatic rings. The lowest BCUT2D eigenvalue weighted by Gasteiger charge is -2.17. The summed E-state index contributed by atoms with van der Waals surface area (Å²) in [4.78, 5) is 0. The van der Waals surface area contributed by atoms with Crippen LogP contribution in [0.2, 0.25) is 0 Å². The molecule has 0 bridgehead atoms. The summed E-state index contributed by atoms with van der Waals surface area (Å²) in [5.74, 6) is 0. The summed E-state index contributed by atoms with van der Waals surface area (Å²) in [7, 11) is 1.76. The molecule has 0 saturated carbocycles. The van der Waals surface area contributed by atoms with Crippen molar-refractivity contribution in [3.05, 3.63) is 0 Å². The van der Waals surface area contributed by atoms with E-state index in [9.17, 15) is 0 Å². The van der Waals surface area contributed by atoms with Gasteiger partial charge >= 0.3 is 0 Å². The third-order valence-electron chi connectivity index (χ3n) is 1.64. The van der Waals surface area contributed by atoms with Gasteiger partial charge in [-0.1, -0.05) is 20.8 Å². The highest BCUT2D eigenvalue weighted by Gasteiger charge is 2.13. The minimum atomic E-state index is 0.0936. The van der Waals surface area contributed by atoms with Crippen LogP contribution in [0.1, 0.15) is 27.7 Å². The lowest BCUT2D eigenvalue weighted by atomic mass is 9.91. The Morgan fingerprint density at radius 1 is 1.33 bits per heavy atom. The lowest BCUT2D eigenvalue weighted by molar-refractivity contribution is 0.583. The van der Waals surface area contributed by atoms with Gasteiger partial charge in [0.25, 0.3) is 0 Å². The molecule has 0 saturated heterocycles. The molecule has 0 aromatic carbocycles. The van der Waals surface area contributed by atoms with Crippen molar-refractivity contribution in [2.75, 3.05) is 7.05 Å². The normalized spacial score (nSPS) is 12.6. The first-order chi connectivity index (χ1) is 5.38. The van der Waals surface area contributed by atoms with E-state index in [1.54, 1.807) is 7.05 Å². The predicted molar refractivity (Wildman–Crippen MR) is 57.4 cm³/mol. The highest BCUT2D eigenvalue weighted by molar-refractivity contribution is 7.80. The van der Waals surface area contributed by atoms with E-state index in [2.05, 4.69) is 36.6 Å². The van der Waals surface area contributed by atoms with Gasteiger partial charge in [0.1, 0.15) is 0 Å². The van der Waals surface area contributed by atoms with Crippen molar-refractivity contribution in [3.8, 4) is 0 Å². The summed E-state index contributed by atoms with van der Waals surface area (Å²) in [6.45, 7) is 8.30. The van der Waals surface area contributed by atoms with E-state index in [4.69, 9.17) is 12.2 Å². The van der Waals surface area contributed by atoms with Gasteiger partial charge in [0, 0.05) is 18.2 Å². The van der Waals surface area contributed by atoms with Crippen LogP contribution >= 0.6 is 12.2 Å². The van der Waals surface area contributed by atoms with E-state index in [1.165, 1.54) is 0 Å². The number of hydrazone groups is 1. The van der Waals surface area contributed by atoms with Crippen molar-refractivity contribution in [3.63, 3.8) is 0 Å². The molecule has 3 nitrogen and oxygen atoms in total. The molecule has 4 heteroatoms. The Kier molecular flexibility index (Phi) is 4.17. The van der Waals surface area contributed by atoms with Crippen LogP contribution in [0.25, 0.3) is 0 Å². The fraction of sp³-hybridized carbons (Fsp3) is 0.750. The number of nitrogens with zero attached hydrogens (tertiary/aromatic N) is 1. The minimum absolute atomic E-state index is 0.0936. The average molecular weight is 187 g/mol. The van der Waals surface area contributed by atoms with E-state index in [0.29, 0.717) is 5.11 Å². The summed E-state index contributed by atoms with van der Waals surface area (Å²) in [5, 5.41) is 7.45. The zero-order chi connectivity index (χ0) is 9.78. The number of nitrogens with one attached hydrogen (secondary N) is 2. The SMILES string of the molecule is CNC(=S)NN=C(C)C(C)(C)C. The van der Waals surface area contributed by atoms with Crippen LogP contribution < -0.4 is 10.7 Å². The molecular weight excluding hydrogens is 170 g/mol. The molecule has 0 atom stereocenters. The predicted octanol–water partition coefficient (Wildman–Crippen LogP) is 1.50. The first-order valence-corrected chi connectivity index (χ1v) is 4.31. The molecular formula is C8H17N3S.